The lowest BCUT2D eigenvalue weighted by Crippen LogP contribution is -2.37. The van der Waals surface area contributed by atoms with Crippen molar-refractivity contribution in [2.75, 3.05) is 5.32 Å². The van der Waals surface area contributed by atoms with Crippen molar-refractivity contribution in [3.8, 4) is 6.07 Å². The van der Waals surface area contributed by atoms with Gasteiger partial charge < -0.3 is 11.1 Å². The highest BCUT2D eigenvalue weighted by Gasteiger charge is 2.46. The lowest BCUT2D eigenvalue weighted by atomic mass is 10.1. The Morgan fingerprint density at radius 2 is 2.05 bits per heavy atom. The highest BCUT2D eigenvalue weighted by molar-refractivity contribution is 6.00. The number of nitrogens with zero attached hydrogens (tertiary/aromatic N) is 1. The molecule has 19 heavy (non-hydrogen) atoms. The van der Waals surface area contributed by atoms with Crippen molar-refractivity contribution in [2.45, 2.75) is 24.6 Å². The van der Waals surface area contributed by atoms with E-state index in [-0.39, 0.29) is 5.69 Å². The average molecular weight is 269 g/mol. The van der Waals surface area contributed by atoms with Crippen LogP contribution in [0.1, 0.15) is 24.0 Å². The fourth-order valence-electron chi connectivity index (χ4n) is 1.57. The van der Waals surface area contributed by atoms with Gasteiger partial charge >= 0.3 is 6.18 Å². The molecule has 1 fully saturated rings. The van der Waals surface area contributed by atoms with Crippen molar-refractivity contribution in [1.29, 1.82) is 5.26 Å². The predicted octanol–water partition coefficient (Wildman–Crippen LogP) is 2.01. The maximum absolute atomic E-state index is 12.7. The number of rotatable bonds is 2. The van der Waals surface area contributed by atoms with Gasteiger partial charge in [0, 0.05) is 5.69 Å². The van der Waals surface area contributed by atoms with Gasteiger partial charge in [-0.1, -0.05) is 0 Å². The van der Waals surface area contributed by atoms with Gasteiger partial charge in [-0.05, 0) is 31.0 Å². The molecule has 0 aromatic heterocycles. The summed E-state index contributed by atoms with van der Waals surface area (Å²) in [6.07, 6.45) is -3.62. The molecule has 1 aromatic rings. The van der Waals surface area contributed by atoms with Crippen LogP contribution in [0.5, 0.6) is 0 Å². The number of halogens is 3. The zero-order valence-electron chi connectivity index (χ0n) is 9.71. The molecule has 2 rings (SSSR count). The number of nitrogens with one attached hydrogen (secondary N) is 1. The second-order valence-electron chi connectivity index (χ2n) is 4.48. The first-order valence-corrected chi connectivity index (χ1v) is 5.48. The first-order chi connectivity index (χ1) is 8.76. The Bertz CT molecular complexity index is 571. The molecule has 1 aliphatic rings. The second kappa shape index (κ2) is 4.24. The summed E-state index contributed by atoms with van der Waals surface area (Å²) in [6, 6.07) is 4.48. The Balaban J connectivity index is 2.29. The maximum Gasteiger partial charge on any atom is 0.417 e. The number of nitriles is 1. The SMILES string of the molecule is N#Cc1ccc(NC(=O)C2(N)CC2)cc1C(F)(F)F. The molecule has 0 unspecified atom stereocenters. The minimum absolute atomic E-state index is 0.0203. The third-order valence-electron chi connectivity index (χ3n) is 2.94. The topological polar surface area (TPSA) is 78.9 Å². The van der Waals surface area contributed by atoms with E-state index in [1.165, 1.54) is 12.1 Å². The Morgan fingerprint density at radius 3 is 2.53 bits per heavy atom. The van der Waals surface area contributed by atoms with Gasteiger partial charge in [0.05, 0.1) is 22.7 Å². The van der Waals surface area contributed by atoms with Crippen LogP contribution in [0.25, 0.3) is 0 Å². The summed E-state index contributed by atoms with van der Waals surface area (Å²) in [5.41, 5.74) is 3.08. The zero-order chi connectivity index (χ0) is 14.3. The Kier molecular flexibility index (Phi) is 2.98. The van der Waals surface area contributed by atoms with E-state index in [9.17, 15) is 18.0 Å². The maximum atomic E-state index is 12.7. The van der Waals surface area contributed by atoms with E-state index in [2.05, 4.69) is 5.32 Å². The fraction of sp³-hybridized carbons (Fsp3) is 0.333. The normalized spacial score (nSPS) is 16.6. The molecular formula is C12H10F3N3O. The number of anilines is 1. The number of benzene rings is 1. The predicted molar refractivity (Wildman–Crippen MR) is 60.9 cm³/mol. The number of nitrogens with two attached hydrogens (primary N) is 1. The van der Waals surface area contributed by atoms with Crippen molar-refractivity contribution < 1.29 is 18.0 Å². The molecule has 7 heteroatoms. The Labute approximate surface area is 107 Å². The fourth-order valence-corrected chi connectivity index (χ4v) is 1.57. The first kappa shape index (κ1) is 13.4. The van der Waals surface area contributed by atoms with E-state index >= 15 is 0 Å². The highest BCUT2D eigenvalue weighted by atomic mass is 19.4. The number of carbonyl (C=O) groups is 1. The second-order valence-corrected chi connectivity index (χ2v) is 4.48. The third kappa shape index (κ3) is 2.69. The van der Waals surface area contributed by atoms with E-state index in [0.717, 1.165) is 12.1 Å². The summed E-state index contributed by atoms with van der Waals surface area (Å²) in [5.74, 6) is -0.509. The highest BCUT2D eigenvalue weighted by Crippen LogP contribution is 2.35. The molecule has 0 radical (unpaired) electrons. The Morgan fingerprint density at radius 1 is 1.42 bits per heavy atom. The first-order valence-electron chi connectivity index (χ1n) is 5.48. The minimum atomic E-state index is -4.65. The number of carbonyl (C=O) groups excluding carboxylic acids is 1. The van der Waals surface area contributed by atoms with Crippen LogP contribution < -0.4 is 11.1 Å². The molecule has 0 spiro atoms. The van der Waals surface area contributed by atoms with Crippen LogP contribution in [-0.2, 0) is 11.0 Å². The summed E-state index contributed by atoms with van der Waals surface area (Å²) < 4.78 is 38.1. The van der Waals surface area contributed by atoms with Gasteiger partial charge in [-0.3, -0.25) is 4.79 Å². The summed E-state index contributed by atoms with van der Waals surface area (Å²) in [5, 5.41) is 11.0. The molecule has 3 N–H and O–H groups in total. The lowest BCUT2D eigenvalue weighted by molar-refractivity contribution is -0.137. The summed E-state index contributed by atoms with van der Waals surface area (Å²) in [4.78, 5) is 11.6. The van der Waals surface area contributed by atoms with Crippen molar-refractivity contribution in [2.24, 2.45) is 5.73 Å². The molecule has 1 aliphatic carbocycles. The molecular weight excluding hydrogens is 259 g/mol. The number of hydrogen-bond donors (Lipinski definition) is 2. The molecule has 1 saturated carbocycles. The van der Waals surface area contributed by atoms with Gasteiger partial charge in [0.1, 0.15) is 0 Å². The Hall–Kier alpha value is -2.07. The number of alkyl halides is 3. The molecule has 1 amide bonds. The van der Waals surface area contributed by atoms with E-state index in [0.29, 0.717) is 12.8 Å². The number of hydrogen-bond acceptors (Lipinski definition) is 3. The molecule has 4 nitrogen and oxygen atoms in total. The summed E-state index contributed by atoms with van der Waals surface area (Å²) in [6.45, 7) is 0. The van der Waals surface area contributed by atoms with Gasteiger partial charge in [-0.2, -0.15) is 18.4 Å². The average Bonchev–Trinajstić information content (AvgIpc) is 3.07. The van der Waals surface area contributed by atoms with Crippen molar-refractivity contribution >= 4 is 11.6 Å². The van der Waals surface area contributed by atoms with E-state index in [1.807, 2.05) is 0 Å². The quantitative estimate of drug-likeness (QED) is 0.861. The zero-order valence-corrected chi connectivity index (χ0v) is 9.71. The van der Waals surface area contributed by atoms with Gasteiger partial charge in [-0.15, -0.1) is 0 Å². The summed E-state index contributed by atoms with van der Waals surface area (Å²) in [7, 11) is 0. The molecule has 0 atom stereocenters. The molecule has 0 heterocycles. The molecule has 0 saturated heterocycles. The van der Waals surface area contributed by atoms with Crippen LogP contribution in [0, 0.1) is 11.3 Å². The van der Waals surface area contributed by atoms with Gasteiger partial charge in [-0.25, -0.2) is 0 Å². The smallest absolute Gasteiger partial charge is 0.324 e. The number of amides is 1. The van der Waals surface area contributed by atoms with Crippen molar-refractivity contribution in [1.82, 2.24) is 0 Å². The largest absolute Gasteiger partial charge is 0.417 e. The minimum Gasteiger partial charge on any atom is -0.324 e. The third-order valence-corrected chi connectivity index (χ3v) is 2.94. The molecule has 1 aromatic carbocycles. The van der Waals surface area contributed by atoms with Crippen LogP contribution in [-0.4, -0.2) is 11.4 Å². The van der Waals surface area contributed by atoms with E-state index in [4.69, 9.17) is 11.0 Å². The molecule has 0 bridgehead atoms. The lowest BCUT2D eigenvalue weighted by Gasteiger charge is -2.13. The molecule has 100 valence electrons. The summed E-state index contributed by atoms with van der Waals surface area (Å²) >= 11 is 0. The van der Waals surface area contributed by atoms with E-state index in [1.54, 1.807) is 0 Å². The van der Waals surface area contributed by atoms with E-state index < -0.39 is 28.7 Å². The van der Waals surface area contributed by atoms with Crippen LogP contribution >= 0.6 is 0 Å². The van der Waals surface area contributed by atoms with Crippen LogP contribution in [0.15, 0.2) is 18.2 Å². The van der Waals surface area contributed by atoms with Crippen LogP contribution in [0.2, 0.25) is 0 Å². The van der Waals surface area contributed by atoms with Crippen LogP contribution in [0.3, 0.4) is 0 Å². The van der Waals surface area contributed by atoms with Gasteiger partial charge in [0.25, 0.3) is 0 Å². The molecule has 0 aliphatic heterocycles. The van der Waals surface area contributed by atoms with Crippen molar-refractivity contribution in [3.05, 3.63) is 29.3 Å². The van der Waals surface area contributed by atoms with Gasteiger partial charge in [0.15, 0.2) is 0 Å². The standard InChI is InChI=1S/C12H10F3N3O/c13-12(14,15)9-5-8(2-1-7(9)6-16)18-10(19)11(17)3-4-11/h1-2,5H,3-4,17H2,(H,18,19). The van der Waals surface area contributed by atoms with Crippen LogP contribution in [0.4, 0.5) is 18.9 Å². The van der Waals surface area contributed by atoms with Gasteiger partial charge in [0.2, 0.25) is 5.91 Å². The monoisotopic (exact) mass is 269 g/mol. The van der Waals surface area contributed by atoms with Crippen molar-refractivity contribution in [3.63, 3.8) is 0 Å².